The summed E-state index contributed by atoms with van der Waals surface area (Å²) in [6.45, 7) is 0. The van der Waals surface area contributed by atoms with Crippen LogP contribution in [0.3, 0.4) is 0 Å². The van der Waals surface area contributed by atoms with E-state index in [9.17, 15) is 0 Å². The Bertz CT molecular complexity index is 3470. The molecule has 0 saturated carbocycles. The predicted molar refractivity (Wildman–Crippen MR) is 236 cm³/mol. The molecule has 0 unspecified atom stereocenters. The second-order valence-electron chi connectivity index (χ2n) is 14.4. The topological polar surface area (TPSA) is 56.7 Å². The van der Waals surface area contributed by atoms with Gasteiger partial charge >= 0.3 is 0 Å². The summed E-state index contributed by atoms with van der Waals surface area (Å²) in [5.41, 5.74) is 10.2. The van der Waals surface area contributed by atoms with Gasteiger partial charge in [0.15, 0.2) is 17.5 Å². The molecule has 0 aliphatic heterocycles. The maximum atomic E-state index is 6.41. The maximum absolute atomic E-state index is 6.41. The number of aromatic nitrogens is 4. The van der Waals surface area contributed by atoms with E-state index in [1.807, 2.05) is 78.1 Å². The largest absolute Gasteiger partial charge is 0.456 e. The maximum Gasteiger partial charge on any atom is 0.164 e. The molecule has 0 atom stereocenters. The first-order chi connectivity index (χ1) is 28.2. The zero-order chi connectivity index (χ0) is 37.5. The van der Waals surface area contributed by atoms with Crippen molar-refractivity contribution in [2.24, 2.45) is 0 Å². The van der Waals surface area contributed by atoms with Gasteiger partial charge in [-0.25, -0.2) is 15.0 Å². The summed E-state index contributed by atoms with van der Waals surface area (Å²) in [7, 11) is 0. The van der Waals surface area contributed by atoms with Gasteiger partial charge in [-0.3, -0.25) is 0 Å². The highest BCUT2D eigenvalue weighted by Gasteiger charge is 2.21. The molecule has 57 heavy (non-hydrogen) atoms. The standard InChI is InChI=1S/C51H30N4OS/c1-3-14-31(15-4-1)49-52-50(32-16-5-2-6-17-32)54-51(53-49)33-26-27-36-35-18-7-10-22-42(35)55(43(36)28-33)34-29-40-37-19-9-12-25-46(37)57-48(40)41(30-34)38-21-13-24-45-47(38)39-20-8-11-23-44(39)56-45/h1-30H. The van der Waals surface area contributed by atoms with Crippen LogP contribution in [0.1, 0.15) is 0 Å². The van der Waals surface area contributed by atoms with Gasteiger partial charge < -0.3 is 8.98 Å². The van der Waals surface area contributed by atoms with Gasteiger partial charge in [0.2, 0.25) is 0 Å². The average molecular weight is 747 g/mol. The second-order valence-corrected chi connectivity index (χ2v) is 15.4. The molecule has 6 heteroatoms. The smallest absolute Gasteiger partial charge is 0.164 e. The van der Waals surface area contributed by atoms with Gasteiger partial charge in [0.25, 0.3) is 0 Å². The molecule has 12 aromatic rings. The number of fused-ring (bicyclic) bond motifs is 9. The zero-order valence-corrected chi connectivity index (χ0v) is 31.2. The van der Waals surface area contributed by atoms with Crippen molar-refractivity contribution < 1.29 is 4.42 Å². The van der Waals surface area contributed by atoms with E-state index < -0.39 is 0 Å². The van der Waals surface area contributed by atoms with E-state index in [4.69, 9.17) is 19.4 Å². The number of benzene rings is 8. The lowest BCUT2D eigenvalue weighted by Crippen LogP contribution is -2.00. The van der Waals surface area contributed by atoms with Gasteiger partial charge in [0, 0.05) is 69.7 Å². The summed E-state index contributed by atoms with van der Waals surface area (Å²) in [4.78, 5) is 15.1. The fourth-order valence-electron chi connectivity index (χ4n) is 8.47. The molecule has 0 radical (unpaired) electrons. The molecule has 0 spiro atoms. The summed E-state index contributed by atoms with van der Waals surface area (Å²) in [6, 6.07) is 63.8. The van der Waals surface area contributed by atoms with Crippen LogP contribution < -0.4 is 0 Å². The lowest BCUT2D eigenvalue weighted by atomic mass is 9.97. The van der Waals surface area contributed by atoms with Crippen molar-refractivity contribution in [3.63, 3.8) is 0 Å². The molecule has 0 aliphatic carbocycles. The van der Waals surface area contributed by atoms with Crippen LogP contribution in [0, 0.1) is 0 Å². The Morgan fingerprint density at radius 3 is 1.79 bits per heavy atom. The molecule has 0 fully saturated rings. The number of para-hydroxylation sites is 2. The first-order valence-corrected chi connectivity index (χ1v) is 19.8. The van der Waals surface area contributed by atoms with Crippen LogP contribution in [0.4, 0.5) is 0 Å². The van der Waals surface area contributed by atoms with Crippen molar-refractivity contribution in [2.75, 3.05) is 0 Å². The summed E-state index contributed by atoms with van der Waals surface area (Å²) < 4.78 is 11.3. The van der Waals surface area contributed by atoms with Crippen LogP contribution in [0.15, 0.2) is 186 Å². The normalized spacial score (nSPS) is 11.9. The molecule has 0 amide bonds. The molecule has 12 rings (SSSR count). The van der Waals surface area contributed by atoms with E-state index in [-0.39, 0.29) is 0 Å². The van der Waals surface area contributed by atoms with Crippen molar-refractivity contribution in [1.29, 1.82) is 0 Å². The summed E-state index contributed by atoms with van der Waals surface area (Å²) in [5, 5.41) is 7.07. The first-order valence-electron chi connectivity index (χ1n) is 19.0. The minimum atomic E-state index is 0.625. The third-order valence-electron chi connectivity index (χ3n) is 11.0. The molecule has 5 nitrogen and oxygen atoms in total. The quantitative estimate of drug-likeness (QED) is 0.176. The molecule has 0 saturated heterocycles. The molecule has 0 N–H and O–H groups in total. The molecular formula is C51H30N4OS. The summed E-state index contributed by atoms with van der Waals surface area (Å²) in [5.74, 6) is 1.90. The van der Waals surface area contributed by atoms with Crippen molar-refractivity contribution in [1.82, 2.24) is 19.5 Å². The van der Waals surface area contributed by atoms with Crippen molar-refractivity contribution in [3.05, 3.63) is 182 Å². The van der Waals surface area contributed by atoms with Crippen LogP contribution in [0.2, 0.25) is 0 Å². The number of thiophene rings is 1. The Balaban J connectivity index is 1.14. The Hall–Kier alpha value is -7.41. The number of rotatable bonds is 5. The Kier molecular flexibility index (Phi) is 7.03. The fourth-order valence-corrected chi connectivity index (χ4v) is 9.68. The zero-order valence-electron chi connectivity index (χ0n) is 30.4. The van der Waals surface area contributed by atoms with E-state index in [0.717, 1.165) is 66.3 Å². The Morgan fingerprint density at radius 2 is 1.02 bits per heavy atom. The average Bonchev–Trinajstić information content (AvgIpc) is 3.96. The van der Waals surface area contributed by atoms with Crippen LogP contribution in [0.25, 0.3) is 115 Å². The number of nitrogens with zero attached hydrogens (tertiary/aromatic N) is 4. The van der Waals surface area contributed by atoms with Crippen LogP contribution in [0.5, 0.6) is 0 Å². The molecule has 266 valence electrons. The Labute approximate surface area is 330 Å². The van der Waals surface area contributed by atoms with Gasteiger partial charge in [-0.1, -0.05) is 140 Å². The minimum absolute atomic E-state index is 0.625. The minimum Gasteiger partial charge on any atom is -0.456 e. The van der Waals surface area contributed by atoms with Gasteiger partial charge in [-0.15, -0.1) is 11.3 Å². The van der Waals surface area contributed by atoms with Gasteiger partial charge in [-0.05, 0) is 48.0 Å². The van der Waals surface area contributed by atoms with Crippen molar-refractivity contribution in [3.8, 4) is 51.0 Å². The molecule has 8 aromatic carbocycles. The van der Waals surface area contributed by atoms with Crippen LogP contribution in [-0.4, -0.2) is 19.5 Å². The SMILES string of the molecule is c1ccc(-c2nc(-c3ccccc3)nc(-c3ccc4c5ccccc5n(-c5cc(-c6cccc7oc8ccccc8c67)c6sc7ccccc7c6c5)c4c3)n2)cc1. The second kappa shape index (κ2) is 12.6. The highest BCUT2D eigenvalue weighted by Crippen LogP contribution is 2.46. The highest BCUT2D eigenvalue weighted by molar-refractivity contribution is 7.26. The van der Waals surface area contributed by atoms with E-state index in [1.54, 1.807) is 0 Å². The van der Waals surface area contributed by atoms with E-state index in [1.165, 1.54) is 31.1 Å². The number of hydrogen-bond acceptors (Lipinski definition) is 5. The summed E-state index contributed by atoms with van der Waals surface area (Å²) in [6.07, 6.45) is 0. The summed E-state index contributed by atoms with van der Waals surface area (Å²) >= 11 is 1.85. The third kappa shape index (κ3) is 5.04. The van der Waals surface area contributed by atoms with Gasteiger partial charge in [0.1, 0.15) is 11.2 Å². The van der Waals surface area contributed by atoms with Crippen molar-refractivity contribution >= 4 is 75.3 Å². The van der Waals surface area contributed by atoms with Crippen LogP contribution in [-0.2, 0) is 0 Å². The molecule has 0 bridgehead atoms. The van der Waals surface area contributed by atoms with Crippen molar-refractivity contribution in [2.45, 2.75) is 0 Å². The molecule has 0 aliphatic rings. The van der Waals surface area contributed by atoms with E-state index in [0.29, 0.717) is 17.5 Å². The number of furan rings is 1. The van der Waals surface area contributed by atoms with E-state index in [2.05, 4.69) is 120 Å². The molecule has 4 aromatic heterocycles. The molecular weight excluding hydrogens is 717 g/mol. The van der Waals surface area contributed by atoms with Crippen LogP contribution >= 0.6 is 11.3 Å². The monoisotopic (exact) mass is 746 g/mol. The Morgan fingerprint density at radius 1 is 0.404 bits per heavy atom. The van der Waals surface area contributed by atoms with E-state index >= 15 is 0 Å². The lowest BCUT2D eigenvalue weighted by Gasteiger charge is -2.14. The molecule has 4 heterocycles. The lowest BCUT2D eigenvalue weighted by molar-refractivity contribution is 0.669. The highest BCUT2D eigenvalue weighted by atomic mass is 32.1. The van der Waals surface area contributed by atoms with Gasteiger partial charge in [-0.2, -0.15) is 0 Å². The first kappa shape index (κ1) is 31.9. The predicted octanol–water partition coefficient (Wildman–Crippen LogP) is 13.9. The third-order valence-corrected chi connectivity index (χ3v) is 12.3. The number of hydrogen-bond donors (Lipinski definition) is 0. The fraction of sp³-hybridized carbons (Fsp3) is 0. The van der Waals surface area contributed by atoms with Gasteiger partial charge in [0.05, 0.1) is 11.0 Å².